The molecule has 0 saturated carbocycles. The summed E-state index contributed by atoms with van der Waals surface area (Å²) < 4.78 is 1.85. The van der Waals surface area contributed by atoms with Gasteiger partial charge in [0.2, 0.25) is 0 Å². The van der Waals surface area contributed by atoms with Crippen molar-refractivity contribution in [2.24, 2.45) is 0 Å². The molecule has 1 aliphatic rings. The highest BCUT2D eigenvalue weighted by Crippen LogP contribution is 2.16. The van der Waals surface area contributed by atoms with Crippen molar-refractivity contribution in [3.05, 3.63) is 41.3 Å². The fourth-order valence-electron chi connectivity index (χ4n) is 2.38. The number of halogens is 1. The van der Waals surface area contributed by atoms with Gasteiger partial charge in [0.25, 0.3) is 5.91 Å². The van der Waals surface area contributed by atoms with E-state index in [4.69, 9.17) is 11.6 Å². The quantitative estimate of drug-likeness (QED) is 0.911. The van der Waals surface area contributed by atoms with Crippen LogP contribution in [0.25, 0.3) is 0 Å². The van der Waals surface area contributed by atoms with Gasteiger partial charge in [-0.05, 0) is 37.6 Å². The van der Waals surface area contributed by atoms with E-state index < -0.39 is 0 Å². The van der Waals surface area contributed by atoms with Crippen LogP contribution in [0.3, 0.4) is 0 Å². The van der Waals surface area contributed by atoms with Gasteiger partial charge in [0.15, 0.2) is 5.69 Å². The number of carbonyl (C=O) groups is 1. The summed E-state index contributed by atoms with van der Waals surface area (Å²) in [4.78, 5) is 16.2. The van der Waals surface area contributed by atoms with Crippen molar-refractivity contribution in [1.82, 2.24) is 20.1 Å². The number of rotatable bonds is 3. The Hall–Kier alpha value is -1.92. The lowest BCUT2D eigenvalue weighted by atomic mass is 10.1. The molecule has 0 aliphatic carbocycles. The van der Waals surface area contributed by atoms with Gasteiger partial charge in [-0.2, -0.15) is 5.10 Å². The molecular weight excluding hydrogens is 290 g/mol. The molecule has 1 unspecified atom stereocenters. The predicted molar refractivity (Wildman–Crippen MR) is 80.6 cm³/mol. The van der Waals surface area contributed by atoms with E-state index >= 15 is 0 Å². The molecule has 3 heterocycles. The van der Waals surface area contributed by atoms with Crippen LogP contribution in [0.2, 0.25) is 5.02 Å². The van der Waals surface area contributed by atoms with Gasteiger partial charge in [0.1, 0.15) is 5.82 Å². The summed E-state index contributed by atoms with van der Waals surface area (Å²) >= 11 is 5.86. The van der Waals surface area contributed by atoms with E-state index in [0.717, 1.165) is 25.9 Å². The first-order valence-corrected chi connectivity index (χ1v) is 7.29. The molecule has 2 aromatic heterocycles. The Balaban J connectivity index is 1.69. The second kappa shape index (κ2) is 6.24. The topological polar surface area (TPSA) is 71.8 Å². The first kappa shape index (κ1) is 14.0. The van der Waals surface area contributed by atoms with Crippen LogP contribution in [-0.4, -0.2) is 33.8 Å². The number of nitrogens with one attached hydrogen (secondary N) is 2. The van der Waals surface area contributed by atoms with Crippen LogP contribution in [0, 0.1) is 0 Å². The van der Waals surface area contributed by atoms with Crippen molar-refractivity contribution in [1.29, 1.82) is 0 Å². The van der Waals surface area contributed by atoms with Crippen molar-refractivity contribution >= 4 is 23.3 Å². The monoisotopic (exact) mass is 305 g/mol. The van der Waals surface area contributed by atoms with Crippen LogP contribution in [0.1, 0.15) is 29.4 Å². The molecule has 0 radical (unpaired) electrons. The van der Waals surface area contributed by atoms with Crippen LogP contribution >= 0.6 is 11.6 Å². The van der Waals surface area contributed by atoms with E-state index in [9.17, 15) is 4.79 Å². The maximum absolute atomic E-state index is 12.1. The summed E-state index contributed by atoms with van der Waals surface area (Å²) in [7, 11) is 0. The third-order valence-electron chi connectivity index (χ3n) is 3.45. The van der Waals surface area contributed by atoms with Gasteiger partial charge in [0, 0.05) is 24.0 Å². The zero-order valence-corrected chi connectivity index (χ0v) is 12.2. The summed E-state index contributed by atoms with van der Waals surface area (Å²) in [6.07, 6.45) is 5.59. The van der Waals surface area contributed by atoms with Crippen LogP contribution in [0.5, 0.6) is 0 Å². The third-order valence-corrected chi connectivity index (χ3v) is 3.68. The molecule has 1 amide bonds. The molecule has 1 atom stereocenters. The first-order valence-electron chi connectivity index (χ1n) is 6.91. The molecule has 1 aliphatic heterocycles. The highest BCUT2D eigenvalue weighted by molar-refractivity contribution is 6.30. The minimum Gasteiger partial charge on any atom is -0.315 e. The number of nitrogens with zero attached hydrogens (tertiary/aromatic N) is 3. The smallest absolute Gasteiger partial charge is 0.277 e. The number of pyridine rings is 1. The van der Waals surface area contributed by atoms with Gasteiger partial charge in [-0.1, -0.05) is 11.6 Å². The lowest BCUT2D eigenvalue weighted by molar-refractivity contribution is 0.102. The number of carbonyl (C=O) groups excluding carboxylic acids is 1. The Labute approximate surface area is 127 Å². The van der Waals surface area contributed by atoms with E-state index in [2.05, 4.69) is 20.7 Å². The molecular formula is C14H16ClN5O. The fraction of sp³-hybridized carbons (Fsp3) is 0.357. The van der Waals surface area contributed by atoms with Crippen LogP contribution < -0.4 is 10.6 Å². The summed E-state index contributed by atoms with van der Waals surface area (Å²) in [5.74, 6) is 0.133. The van der Waals surface area contributed by atoms with Crippen molar-refractivity contribution in [3.63, 3.8) is 0 Å². The maximum atomic E-state index is 12.1. The minimum absolute atomic E-state index is 0.285. The number of amides is 1. The van der Waals surface area contributed by atoms with Crippen LogP contribution in [0.15, 0.2) is 30.6 Å². The van der Waals surface area contributed by atoms with E-state index in [0.29, 0.717) is 22.6 Å². The van der Waals surface area contributed by atoms with Crippen LogP contribution in [-0.2, 0) is 0 Å². The van der Waals surface area contributed by atoms with Gasteiger partial charge in [-0.15, -0.1) is 0 Å². The number of aromatic nitrogens is 3. The first-order chi connectivity index (χ1) is 10.2. The lowest BCUT2D eigenvalue weighted by Crippen LogP contribution is -2.32. The van der Waals surface area contributed by atoms with Crippen molar-refractivity contribution in [2.75, 3.05) is 18.4 Å². The van der Waals surface area contributed by atoms with E-state index in [1.807, 2.05) is 10.9 Å². The van der Waals surface area contributed by atoms with Crippen molar-refractivity contribution in [2.45, 2.75) is 18.9 Å². The Morgan fingerprint density at radius 2 is 2.38 bits per heavy atom. The molecule has 21 heavy (non-hydrogen) atoms. The summed E-state index contributed by atoms with van der Waals surface area (Å²) in [6, 6.07) is 5.28. The molecule has 0 bridgehead atoms. The van der Waals surface area contributed by atoms with E-state index in [1.54, 1.807) is 24.4 Å². The van der Waals surface area contributed by atoms with Gasteiger partial charge in [-0.25, -0.2) is 4.98 Å². The molecule has 6 nitrogen and oxygen atoms in total. The number of hydrogen-bond donors (Lipinski definition) is 2. The van der Waals surface area contributed by atoms with Gasteiger partial charge < -0.3 is 10.6 Å². The Morgan fingerprint density at radius 1 is 1.48 bits per heavy atom. The average molecular weight is 306 g/mol. The number of piperidine rings is 1. The molecule has 110 valence electrons. The summed E-state index contributed by atoms with van der Waals surface area (Å²) in [5.41, 5.74) is 0.377. The van der Waals surface area contributed by atoms with Gasteiger partial charge in [0.05, 0.1) is 6.04 Å². The highest BCUT2D eigenvalue weighted by atomic mass is 35.5. The second-order valence-electron chi connectivity index (χ2n) is 4.99. The van der Waals surface area contributed by atoms with Crippen LogP contribution in [0.4, 0.5) is 5.82 Å². The van der Waals surface area contributed by atoms with Crippen molar-refractivity contribution in [3.8, 4) is 0 Å². The molecule has 2 aromatic rings. The fourth-order valence-corrected chi connectivity index (χ4v) is 2.53. The minimum atomic E-state index is -0.285. The van der Waals surface area contributed by atoms with Crippen molar-refractivity contribution < 1.29 is 4.79 Å². The molecule has 3 rings (SSSR count). The van der Waals surface area contributed by atoms with Gasteiger partial charge in [-0.3, -0.25) is 9.48 Å². The average Bonchev–Trinajstić information content (AvgIpc) is 2.98. The Kier molecular flexibility index (Phi) is 4.17. The molecule has 2 N–H and O–H groups in total. The number of hydrogen-bond acceptors (Lipinski definition) is 4. The largest absolute Gasteiger partial charge is 0.315 e. The summed E-state index contributed by atoms with van der Waals surface area (Å²) in [6.45, 7) is 1.93. The second-order valence-corrected chi connectivity index (χ2v) is 5.43. The van der Waals surface area contributed by atoms with E-state index in [1.165, 1.54) is 0 Å². The third kappa shape index (κ3) is 3.40. The lowest BCUT2D eigenvalue weighted by Gasteiger charge is -2.22. The molecule has 0 aromatic carbocycles. The Bertz CT molecular complexity index is 636. The zero-order chi connectivity index (χ0) is 14.7. The SMILES string of the molecule is O=C(Nc1cc(Cl)ccn1)c1ccn(C2CCCNC2)n1. The van der Waals surface area contributed by atoms with Gasteiger partial charge >= 0.3 is 0 Å². The zero-order valence-electron chi connectivity index (χ0n) is 11.4. The molecule has 1 fully saturated rings. The molecule has 1 saturated heterocycles. The number of anilines is 1. The molecule has 0 spiro atoms. The Morgan fingerprint density at radius 3 is 3.14 bits per heavy atom. The highest BCUT2D eigenvalue weighted by Gasteiger charge is 2.17. The van der Waals surface area contributed by atoms with E-state index in [-0.39, 0.29) is 5.91 Å². The standard InChI is InChI=1S/C14H16ClN5O/c15-10-3-6-17-13(8-10)18-14(21)12-4-7-20(19-12)11-2-1-5-16-9-11/h3-4,6-8,11,16H,1-2,5,9H2,(H,17,18,21). The predicted octanol–water partition coefficient (Wildman–Crippen LogP) is 2.11. The maximum Gasteiger partial charge on any atom is 0.277 e. The normalized spacial score (nSPS) is 18.4. The molecule has 7 heteroatoms. The summed E-state index contributed by atoms with van der Waals surface area (Å²) in [5, 5.41) is 10.9.